The molecule has 0 heterocycles. The Morgan fingerprint density at radius 2 is 1.68 bits per heavy atom. The normalized spacial score (nSPS) is 11.4. The van der Waals surface area contributed by atoms with Crippen LogP contribution in [0.1, 0.15) is 12.0 Å². The van der Waals surface area contributed by atoms with E-state index in [1.165, 1.54) is 12.1 Å². The van der Waals surface area contributed by atoms with Crippen LogP contribution in [0.5, 0.6) is 11.5 Å². The van der Waals surface area contributed by atoms with Gasteiger partial charge in [-0.3, -0.25) is 9.59 Å². The predicted molar refractivity (Wildman–Crippen MR) is 133 cm³/mol. The molecule has 0 saturated carbocycles. The number of amides is 2. The number of hydrogen-bond acceptors (Lipinski definition) is 5. The number of para-hydroxylation sites is 1. The summed E-state index contributed by atoms with van der Waals surface area (Å²) in [7, 11) is 0. The Balaban J connectivity index is 1.55. The predicted octanol–water partition coefficient (Wildman–Crippen LogP) is 4.66. The summed E-state index contributed by atoms with van der Waals surface area (Å²) >= 11 is 1.59. The maximum absolute atomic E-state index is 13.1. The van der Waals surface area contributed by atoms with Gasteiger partial charge in [-0.25, -0.2) is 4.39 Å². The Labute approximate surface area is 202 Å². The lowest BCUT2D eigenvalue weighted by Gasteiger charge is -2.19. The minimum Gasteiger partial charge on any atom is -0.489 e. The molecular weight excluding hydrogens is 455 g/mol. The minimum atomic E-state index is -0.705. The SMILES string of the molecule is CSCCC(NC(=O)COc1ccccc1)C(=O)Nc1cccc(OCc2ccc(F)cc2)c1. The number of benzene rings is 3. The molecule has 1 atom stereocenters. The molecule has 3 aromatic carbocycles. The van der Waals surface area contributed by atoms with Gasteiger partial charge in [-0.15, -0.1) is 0 Å². The van der Waals surface area contributed by atoms with Gasteiger partial charge in [0.1, 0.15) is 30.0 Å². The van der Waals surface area contributed by atoms with Crippen molar-refractivity contribution in [2.75, 3.05) is 23.9 Å². The second kappa shape index (κ2) is 13.3. The van der Waals surface area contributed by atoms with Crippen LogP contribution in [0.25, 0.3) is 0 Å². The van der Waals surface area contributed by atoms with E-state index < -0.39 is 6.04 Å². The van der Waals surface area contributed by atoms with E-state index in [-0.39, 0.29) is 30.8 Å². The van der Waals surface area contributed by atoms with Crippen molar-refractivity contribution in [2.24, 2.45) is 0 Å². The number of hydrogen-bond donors (Lipinski definition) is 2. The summed E-state index contributed by atoms with van der Waals surface area (Å²) in [6.07, 6.45) is 2.42. The molecular formula is C26H27FN2O4S. The van der Waals surface area contributed by atoms with Crippen molar-refractivity contribution >= 4 is 29.3 Å². The molecule has 34 heavy (non-hydrogen) atoms. The number of nitrogens with one attached hydrogen (secondary N) is 2. The first kappa shape index (κ1) is 25.1. The third-order valence-corrected chi connectivity index (χ3v) is 5.44. The van der Waals surface area contributed by atoms with Gasteiger partial charge in [0.2, 0.25) is 5.91 Å². The van der Waals surface area contributed by atoms with E-state index in [0.29, 0.717) is 29.4 Å². The number of anilines is 1. The van der Waals surface area contributed by atoms with Gasteiger partial charge in [0.25, 0.3) is 5.91 Å². The van der Waals surface area contributed by atoms with E-state index >= 15 is 0 Å². The molecule has 178 valence electrons. The van der Waals surface area contributed by atoms with Crippen molar-refractivity contribution in [3.63, 3.8) is 0 Å². The third kappa shape index (κ3) is 8.44. The highest BCUT2D eigenvalue weighted by Gasteiger charge is 2.21. The number of carbonyl (C=O) groups is 2. The number of rotatable bonds is 12. The summed E-state index contributed by atoms with van der Waals surface area (Å²) in [4.78, 5) is 25.3. The molecule has 0 aliphatic heterocycles. The van der Waals surface area contributed by atoms with Crippen molar-refractivity contribution in [3.05, 3.63) is 90.2 Å². The number of thioether (sulfide) groups is 1. The van der Waals surface area contributed by atoms with E-state index in [1.54, 1.807) is 60.3 Å². The second-order valence-corrected chi connectivity index (χ2v) is 8.42. The molecule has 0 aliphatic rings. The van der Waals surface area contributed by atoms with Crippen molar-refractivity contribution in [1.82, 2.24) is 5.32 Å². The Morgan fingerprint density at radius 3 is 2.41 bits per heavy atom. The molecule has 6 nitrogen and oxygen atoms in total. The molecule has 0 aromatic heterocycles. The molecule has 0 saturated heterocycles. The van der Waals surface area contributed by atoms with E-state index in [4.69, 9.17) is 9.47 Å². The molecule has 8 heteroatoms. The number of halogens is 1. The van der Waals surface area contributed by atoms with Gasteiger partial charge in [-0.05, 0) is 60.4 Å². The summed E-state index contributed by atoms with van der Waals surface area (Å²) in [5.74, 6) is 0.851. The van der Waals surface area contributed by atoms with Gasteiger partial charge < -0.3 is 20.1 Å². The largest absolute Gasteiger partial charge is 0.489 e. The molecule has 3 rings (SSSR count). The molecule has 0 aliphatic carbocycles. The summed E-state index contributed by atoms with van der Waals surface area (Å²) in [5, 5.41) is 5.60. The lowest BCUT2D eigenvalue weighted by molar-refractivity contribution is -0.127. The smallest absolute Gasteiger partial charge is 0.258 e. The van der Waals surface area contributed by atoms with Crippen LogP contribution < -0.4 is 20.1 Å². The van der Waals surface area contributed by atoms with Gasteiger partial charge in [0.15, 0.2) is 6.61 Å². The summed E-state index contributed by atoms with van der Waals surface area (Å²) < 4.78 is 24.3. The van der Waals surface area contributed by atoms with Crippen molar-refractivity contribution in [1.29, 1.82) is 0 Å². The summed E-state index contributed by atoms with van der Waals surface area (Å²) in [5.41, 5.74) is 1.37. The molecule has 0 fully saturated rings. The lowest BCUT2D eigenvalue weighted by atomic mass is 10.2. The van der Waals surface area contributed by atoms with Gasteiger partial charge in [-0.1, -0.05) is 36.4 Å². The lowest BCUT2D eigenvalue weighted by Crippen LogP contribution is -2.45. The highest BCUT2D eigenvalue weighted by atomic mass is 32.2. The molecule has 2 N–H and O–H groups in total. The molecule has 0 radical (unpaired) electrons. The molecule has 1 unspecified atom stereocenters. The first-order valence-corrected chi connectivity index (χ1v) is 12.2. The van der Waals surface area contributed by atoms with E-state index in [1.807, 2.05) is 24.5 Å². The maximum Gasteiger partial charge on any atom is 0.258 e. The van der Waals surface area contributed by atoms with Crippen LogP contribution in [0.15, 0.2) is 78.9 Å². The zero-order valence-electron chi connectivity index (χ0n) is 18.8. The van der Waals surface area contributed by atoms with Crippen LogP contribution in [-0.4, -0.2) is 36.5 Å². The molecule has 3 aromatic rings. The Hall–Kier alpha value is -3.52. The van der Waals surface area contributed by atoms with Crippen molar-refractivity contribution < 1.29 is 23.5 Å². The number of carbonyl (C=O) groups excluding carboxylic acids is 2. The zero-order valence-corrected chi connectivity index (χ0v) is 19.6. The monoisotopic (exact) mass is 482 g/mol. The van der Waals surface area contributed by atoms with E-state index in [2.05, 4.69) is 10.6 Å². The van der Waals surface area contributed by atoms with Gasteiger partial charge >= 0.3 is 0 Å². The van der Waals surface area contributed by atoms with Gasteiger partial charge in [0, 0.05) is 11.8 Å². The maximum atomic E-state index is 13.1. The summed E-state index contributed by atoms with van der Waals surface area (Å²) in [6.45, 7) is 0.0886. The molecule has 0 spiro atoms. The first-order valence-electron chi connectivity index (χ1n) is 10.8. The van der Waals surface area contributed by atoms with Gasteiger partial charge in [-0.2, -0.15) is 11.8 Å². The fraction of sp³-hybridized carbons (Fsp3) is 0.231. The van der Waals surface area contributed by atoms with Crippen LogP contribution in [-0.2, 0) is 16.2 Å². The van der Waals surface area contributed by atoms with Crippen LogP contribution in [0.3, 0.4) is 0 Å². The second-order valence-electron chi connectivity index (χ2n) is 7.44. The average Bonchev–Trinajstić information content (AvgIpc) is 2.86. The van der Waals surface area contributed by atoms with Crippen molar-refractivity contribution in [2.45, 2.75) is 19.1 Å². The Bertz CT molecular complexity index is 1060. The average molecular weight is 483 g/mol. The number of ether oxygens (including phenoxy) is 2. The quantitative estimate of drug-likeness (QED) is 0.393. The van der Waals surface area contributed by atoms with Crippen LogP contribution in [0.2, 0.25) is 0 Å². The van der Waals surface area contributed by atoms with Gasteiger partial charge in [0.05, 0.1) is 0 Å². The van der Waals surface area contributed by atoms with Crippen LogP contribution >= 0.6 is 11.8 Å². The fourth-order valence-electron chi connectivity index (χ4n) is 3.05. The van der Waals surface area contributed by atoms with E-state index in [9.17, 15) is 14.0 Å². The molecule has 0 bridgehead atoms. The van der Waals surface area contributed by atoms with E-state index in [0.717, 1.165) is 5.56 Å². The fourth-order valence-corrected chi connectivity index (χ4v) is 3.52. The highest BCUT2D eigenvalue weighted by Crippen LogP contribution is 2.19. The first-order chi connectivity index (χ1) is 16.5. The zero-order chi connectivity index (χ0) is 24.2. The minimum absolute atomic E-state index is 0.181. The Kier molecular flexibility index (Phi) is 9.79. The topological polar surface area (TPSA) is 76.7 Å². The third-order valence-electron chi connectivity index (χ3n) is 4.80. The highest BCUT2D eigenvalue weighted by molar-refractivity contribution is 7.98. The van der Waals surface area contributed by atoms with Crippen LogP contribution in [0.4, 0.5) is 10.1 Å². The van der Waals surface area contributed by atoms with Crippen LogP contribution in [0, 0.1) is 5.82 Å². The summed E-state index contributed by atoms with van der Waals surface area (Å²) in [6, 6.07) is 21.4. The molecule has 2 amide bonds. The van der Waals surface area contributed by atoms with Crippen molar-refractivity contribution in [3.8, 4) is 11.5 Å². The Morgan fingerprint density at radius 1 is 0.941 bits per heavy atom. The standard InChI is InChI=1S/C26H27FN2O4S/c1-34-15-14-24(29-25(30)18-33-22-7-3-2-4-8-22)26(31)28-21-6-5-9-23(16-21)32-17-19-10-12-20(27)13-11-19/h2-13,16,24H,14-15,17-18H2,1H3,(H,28,31)(H,29,30).